The van der Waals surface area contributed by atoms with E-state index < -0.39 is 16.1 Å². The standard InChI is InChI=1S/C17H20BrNO5S/c1-12(11-24-15-7-5-4-6-14(15)22-2)19-25(20,21)17-10-13(18)8-9-16(17)23-3/h4-10,12,19H,11H2,1-3H3/t12-/m0/s1. The molecule has 0 saturated carbocycles. The van der Waals surface area contributed by atoms with E-state index in [1.54, 1.807) is 38.3 Å². The fourth-order valence-electron chi connectivity index (χ4n) is 2.18. The van der Waals surface area contributed by atoms with Crippen LogP contribution in [0.5, 0.6) is 17.2 Å². The first kappa shape index (κ1) is 19.6. The van der Waals surface area contributed by atoms with Gasteiger partial charge in [-0.15, -0.1) is 0 Å². The molecular formula is C17H20BrNO5S. The van der Waals surface area contributed by atoms with E-state index in [2.05, 4.69) is 20.7 Å². The van der Waals surface area contributed by atoms with E-state index in [9.17, 15) is 8.42 Å². The molecule has 6 nitrogen and oxygen atoms in total. The SMILES string of the molecule is COc1ccccc1OC[C@H](C)NS(=O)(=O)c1cc(Br)ccc1OC. The molecule has 1 N–H and O–H groups in total. The second-order valence-corrected chi connectivity index (χ2v) is 7.88. The molecule has 0 unspecified atom stereocenters. The Kier molecular flexibility index (Phi) is 6.69. The third-order valence-electron chi connectivity index (χ3n) is 3.33. The van der Waals surface area contributed by atoms with Crippen LogP contribution < -0.4 is 18.9 Å². The van der Waals surface area contributed by atoms with Crippen molar-refractivity contribution in [3.05, 3.63) is 46.9 Å². The summed E-state index contributed by atoms with van der Waals surface area (Å²) >= 11 is 3.28. The number of halogens is 1. The van der Waals surface area contributed by atoms with Crippen LogP contribution in [0.2, 0.25) is 0 Å². The first-order valence-electron chi connectivity index (χ1n) is 7.49. The molecule has 0 bridgehead atoms. The Morgan fingerprint density at radius 3 is 2.32 bits per heavy atom. The predicted molar refractivity (Wildman–Crippen MR) is 99.0 cm³/mol. The molecule has 0 spiro atoms. The number of para-hydroxylation sites is 2. The van der Waals surface area contributed by atoms with Gasteiger partial charge in [-0.3, -0.25) is 0 Å². The maximum absolute atomic E-state index is 12.6. The Bertz CT molecular complexity index is 826. The highest BCUT2D eigenvalue weighted by molar-refractivity contribution is 9.10. The highest BCUT2D eigenvalue weighted by Crippen LogP contribution is 2.28. The Balaban J connectivity index is 2.09. The molecule has 0 saturated heterocycles. The van der Waals surface area contributed by atoms with Crippen LogP contribution in [0.4, 0.5) is 0 Å². The van der Waals surface area contributed by atoms with Crippen molar-refractivity contribution in [2.75, 3.05) is 20.8 Å². The molecule has 0 aliphatic rings. The Morgan fingerprint density at radius 2 is 1.68 bits per heavy atom. The summed E-state index contributed by atoms with van der Waals surface area (Å²) < 4.78 is 44.5. The largest absolute Gasteiger partial charge is 0.495 e. The number of benzene rings is 2. The number of rotatable bonds is 8. The highest BCUT2D eigenvalue weighted by atomic mass is 79.9. The zero-order chi connectivity index (χ0) is 18.4. The van der Waals surface area contributed by atoms with Crippen molar-refractivity contribution in [3.63, 3.8) is 0 Å². The monoisotopic (exact) mass is 429 g/mol. The highest BCUT2D eigenvalue weighted by Gasteiger charge is 2.22. The predicted octanol–water partition coefficient (Wildman–Crippen LogP) is 3.21. The lowest BCUT2D eigenvalue weighted by Crippen LogP contribution is -2.37. The minimum absolute atomic E-state index is 0.0634. The van der Waals surface area contributed by atoms with Gasteiger partial charge < -0.3 is 14.2 Å². The smallest absolute Gasteiger partial charge is 0.244 e. The van der Waals surface area contributed by atoms with Gasteiger partial charge in [0.15, 0.2) is 11.5 Å². The summed E-state index contributed by atoms with van der Waals surface area (Å²) in [7, 11) is -0.785. The first-order valence-corrected chi connectivity index (χ1v) is 9.76. The maximum Gasteiger partial charge on any atom is 0.244 e. The molecule has 0 radical (unpaired) electrons. The van der Waals surface area contributed by atoms with Gasteiger partial charge in [-0.1, -0.05) is 28.1 Å². The Morgan fingerprint density at radius 1 is 1.04 bits per heavy atom. The van der Waals surface area contributed by atoms with E-state index in [1.165, 1.54) is 13.2 Å². The van der Waals surface area contributed by atoms with Gasteiger partial charge in [0, 0.05) is 4.47 Å². The van der Waals surface area contributed by atoms with Gasteiger partial charge in [-0.25, -0.2) is 13.1 Å². The second kappa shape index (κ2) is 8.55. The Hall–Kier alpha value is -1.77. The van der Waals surface area contributed by atoms with Crippen molar-refractivity contribution in [2.45, 2.75) is 17.9 Å². The average Bonchev–Trinajstić information content (AvgIpc) is 2.59. The van der Waals surface area contributed by atoms with E-state index in [-0.39, 0.29) is 17.3 Å². The van der Waals surface area contributed by atoms with Gasteiger partial charge in [-0.2, -0.15) is 0 Å². The van der Waals surface area contributed by atoms with Crippen molar-refractivity contribution in [2.24, 2.45) is 0 Å². The van der Waals surface area contributed by atoms with Crippen molar-refractivity contribution in [1.82, 2.24) is 4.72 Å². The van der Waals surface area contributed by atoms with Crippen LogP contribution in [0.3, 0.4) is 0 Å². The third-order valence-corrected chi connectivity index (χ3v) is 5.43. The van der Waals surface area contributed by atoms with E-state index in [1.807, 2.05) is 12.1 Å². The fourth-order valence-corrected chi connectivity index (χ4v) is 4.11. The quantitative estimate of drug-likeness (QED) is 0.697. The zero-order valence-electron chi connectivity index (χ0n) is 14.2. The van der Waals surface area contributed by atoms with Gasteiger partial charge >= 0.3 is 0 Å². The molecule has 2 rings (SSSR count). The number of sulfonamides is 1. The van der Waals surface area contributed by atoms with Crippen LogP contribution in [0, 0.1) is 0 Å². The molecule has 25 heavy (non-hydrogen) atoms. The van der Waals surface area contributed by atoms with Crippen molar-refractivity contribution >= 4 is 26.0 Å². The zero-order valence-corrected chi connectivity index (χ0v) is 16.6. The molecule has 8 heteroatoms. The van der Waals surface area contributed by atoms with E-state index >= 15 is 0 Å². The van der Waals surface area contributed by atoms with Gasteiger partial charge in [0.05, 0.1) is 20.3 Å². The van der Waals surface area contributed by atoms with Crippen LogP contribution in [0.15, 0.2) is 51.8 Å². The number of ether oxygens (including phenoxy) is 3. The van der Waals surface area contributed by atoms with Crippen LogP contribution >= 0.6 is 15.9 Å². The van der Waals surface area contributed by atoms with E-state index in [0.29, 0.717) is 16.0 Å². The van der Waals surface area contributed by atoms with Crippen LogP contribution in [-0.2, 0) is 10.0 Å². The Labute approximate surface area is 156 Å². The van der Waals surface area contributed by atoms with Crippen LogP contribution in [-0.4, -0.2) is 35.3 Å². The van der Waals surface area contributed by atoms with Gasteiger partial charge in [0.25, 0.3) is 0 Å². The molecule has 0 aliphatic carbocycles. The summed E-state index contributed by atoms with van der Waals surface area (Å²) in [5, 5.41) is 0. The summed E-state index contributed by atoms with van der Waals surface area (Å²) in [4.78, 5) is 0.0634. The number of methoxy groups -OCH3 is 2. The average molecular weight is 430 g/mol. The molecule has 0 aromatic heterocycles. The van der Waals surface area contributed by atoms with Crippen molar-refractivity contribution in [1.29, 1.82) is 0 Å². The lowest BCUT2D eigenvalue weighted by atomic mass is 10.3. The maximum atomic E-state index is 12.6. The summed E-state index contributed by atoms with van der Waals surface area (Å²) in [6.07, 6.45) is 0. The van der Waals surface area contributed by atoms with Crippen LogP contribution in [0.25, 0.3) is 0 Å². The van der Waals surface area contributed by atoms with E-state index in [4.69, 9.17) is 14.2 Å². The molecule has 2 aromatic carbocycles. The van der Waals surface area contributed by atoms with Crippen molar-refractivity contribution in [3.8, 4) is 17.2 Å². The summed E-state index contributed by atoms with van der Waals surface area (Å²) in [5.74, 6) is 1.41. The number of hydrogen-bond donors (Lipinski definition) is 1. The lowest BCUT2D eigenvalue weighted by molar-refractivity contribution is 0.271. The minimum Gasteiger partial charge on any atom is -0.495 e. The van der Waals surface area contributed by atoms with Gasteiger partial charge in [-0.05, 0) is 37.3 Å². The molecule has 136 valence electrons. The normalized spacial score (nSPS) is 12.5. The minimum atomic E-state index is -3.76. The number of nitrogens with one attached hydrogen (secondary N) is 1. The molecule has 0 fully saturated rings. The topological polar surface area (TPSA) is 73.9 Å². The van der Waals surface area contributed by atoms with Gasteiger partial charge in [0.1, 0.15) is 17.3 Å². The molecule has 2 aromatic rings. The first-order chi connectivity index (χ1) is 11.9. The van der Waals surface area contributed by atoms with E-state index in [0.717, 1.165) is 0 Å². The third kappa shape index (κ3) is 5.10. The summed E-state index contributed by atoms with van der Waals surface area (Å²) in [6, 6.07) is 11.5. The molecule has 0 amide bonds. The number of hydrogen-bond acceptors (Lipinski definition) is 5. The van der Waals surface area contributed by atoms with Crippen LogP contribution in [0.1, 0.15) is 6.92 Å². The second-order valence-electron chi connectivity index (χ2n) is 5.28. The van der Waals surface area contributed by atoms with Crippen molar-refractivity contribution < 1.29 is 22.6 Å². The summed E-state index contributed by atoms with van der Waals surface area (Å²) in [5.41, 5.74) is 0. The lowest BCUT2D eigenvalue weighted by Gasteiger charge is -2.17. The molecule has 0 heterocycles. The van der Waals surface area contributed by atoms with Gasteiger partial charge in [0.2, 0.25) is 10.0 Å². The molecule has 0 aliphatic heterocycles. The molecule has 1 atom stereocenters. The fraction of sp³-hybridized carbons (Fsp3) is 0.294. The summed E-state index contributed by atoms with van der Waals surface area (Å²) in [6.45, 7) is 1.87. The molecular weight excluding hydrogens is 410 g/mol.